The van der Waals surface area contributed by atoms with Crippen molar-refractivity contribution in [2.24, 2.45) is 0 Å². The Morgan fingerprint density at radius 2 is 1.55 bits per heavy atom. The molecule has 1 N–H and O–H groups in total. The summed E-state index contributed by atoms with van der Waals surface area (Å²) in [6, 6.07) is 5.05. The molecule has 1 aromatic rings. The fraction of sp³-hybridized carbons (Fsp3) is 0.588. The second-order valence-corrected chi connectivity index (χ2v) is 11.9. The van der Waals surface area contributed by atoms with E-state index < -0.39 is 14.3 Å². The van der Waals surface area contributed by atoms with Crippen LogP contribution in [0.3, 0.4) is 0 Å². The molecule has 0 fully saturated rings. The number of carboxylic acid groups (broad SMARTS) is 1. The number of ether oxygens (including phenoxy) is 1. The molecule has 0 unspecified atom stereocenters. The molecule has 0 aliphatic heterocycles. The molecule has 124 valence electrons. The summed E-state index contributed by atoms with van der Waals surface area (Å²) in [4.78, 5) is 11.4. The van der Waals surface area contributed by atoms with Gasteiger partial charge in [-0.2, -0.15) is 0 Å². The summed E-state index contributed by atoms with van der Waals surface area (Å²) >= 11 is 0. The van der Waals surface area contributed by atoms with Gasteiger partial charge in [-0.05, 0) is 28.8 Å². The first-order valence-corrected chi connectivity index (χ1v) is 9.91. The average Bonchev–Trinajstić information content (AvgIpc) is 2.42. The fourth-order valence-corrected chi connectivity index (χ4v) is 8.77. The van der Waals surface area contributed by atoms with E-state index in [1.165, 1.54) is 13.2 Å². The molecule has 1 aromatic carbocycles. The highest BCUT2D eigenvalue weighted by Crippen LogP contribution is 2.45. The van der Waals surface area contributed by atoms with E-state index in [1.807, 2.05) is 0 Å². The number of carbonyl (C=O) groups is 1. The summed E-state index contributed by atoms with van der Waals surface area (Å²) < 4.78 is 11.9. The SMILES string of the molecule is COc1c(O[Si](C(C)C)(C(C)C)C(C)C)cccc1C(=O)O. The predicted molar refractivity (Wildman–Crippen MR) is 91.6 cm³/mol. The van der Waals surface area contributed by atoms with E-state index in [1.54, 1.807) is 12.1 Å². The molecule has 0 saturated heterocycles. The molecule has 0 spiro atoms. The summed E-state index contributed by atoms with van der Waals surface area (Å²) in [5.41, 5.74) is 1.36. The molecule has 0 aromatic heterocycles. The van der Waals surface area contributed by atoms with E-state index in [4.69, 9.17) is 9.16 Å². The summed E-state index contributed by atoms with van der Waals surface area (Å²) in [6.07, 6.45) is 0. The van der Waals surface area contributed by atoms with Crippen molar-refractivity contribution in [1.29, 1.82) is 0 Å². The Balaban J connectivity index is 3.42. The van der Waals surface area contributed by atoms with E-state index >= 15 is 0 Å². The predicted octanol–water partition coefficient (Wildman–Crippen LogP) is 4.95. The van der Waals surface area contributed by atoms with Crippen LogP contribution in [-0.4, -0.2) is 26.5 Å². The maximum absolute atomic E-state index is 11.4. The van der Waals surface area contributed by atoms with Crippen LogP contribution in [0.1, 0.15) is 51.9 Å². The number of rotatable bonds is 7. The van der Waals surface area contributed by atoms with Crippen molar-refractivity contribution < 1.29 is 19.1 Å². The second-order valence-electron chi connectivity index (χ2n) is 6.56. The minimum atomic E-state index is -2.15. The molecule has 0 radical (unpaired) electrons. The lowest BCUT2D eigenvalue weighted by Gasteiger charge is -2.42. The first kappa shape index (κ1) is 18.6. The van der Waals surface area contributed by atoms with E-state index in [0.29, 0.717) is 28.1 Å². The first-order valence-electron chi connectivity index (χ1n) is 7.77. The average molecular weight is 324 g/mol. The van der Waals surface area contributed by atoms with Crippen molar-refractivity contribution in [1.82, 2.24) is 0 Å². The molecule has 0 aliphatic carbocycles. The van der Waals surface area contributed by atoms with Gasteiger partial charge in [0, 0.05) is 0 Å². The summed E-state index contributed by atoms with van der Waals surface area (Å²) in [7, 11) is -0.663. The Hall–Kier alpha value is -1.49. The van der Waals surface area contributed by atoms with Crippen LogP contribution in [0.15, 0.2) is 18.2 Å². The lowest BCUT2D eigenvalue weighted by atomic mass is 10.2. The van der Waals surface area contributed by atoms with Crippen LogP contribution in [0.2, 0.25) is 16.6 Å². The van der Waals surface area contributed by atoms with E-state index in [9.17, 15) is 9.90 Å². The van der Waals surface area contributed by atoms with Crippen LogP contribution >= 0.6 is 0 Å². The third-order valence-corrected chi connectivity index (χ3v) is 10.4. The van der Waals surface area contributed by atoms with Crippen LogP contribution in [0.4, 0.5) is 0 Å². The van der Waals surface area contributed by atoms with E-state index in [2.05, 4.69) is 41.5 Å². The van der Waals surface area contributed by atoms with Gasteiger partial charge in [0.15, 0.2) is 5.75 Å². The van der Waals surface area contributed by atoms with Gasteiger partial charge < -0.3 is 14.3 Å². The molecule has 1 rings (SSSR count). The molecular formula is C17H28O4Si. The van der Waals surface area contributed by atoms with Gasteiger partial charge in [0.1, 0.15) is 11.3 Å². The second kappa shape index (κ2) is 7.18. The number of hydrogen-bond acceptors (Lipinski definition) is 3. The summed E-state index contributed by atoms with van der Waals surface area (Å²) in [5, 5.41) is 9.32. The van der Waals surface area contributed by atoms with Gasteiger partial charge in [0.2, 0.25) is 0 Å². The van der Waals surface area contributed by atoms with Crippen molar-refractivity contribution in [2.45, 2.75) is 58.2 Å². The van der Waals surface area contributed by atoms with Crippen molar-refractivity contribution in [3.8, 4) is 11.5 Å². The molecule has 0 bridgehead atoms. The maximum Gasteiger partial charge on any atom is 0.339 e. The van der Waals surface area contributed by atoms with E-state index in [-0.39, 0.29) is 5.56 Å². The minimum Gasteiger partial charge on any atom is -0.540 e. The van der Waals surface area contributed by atoms with Gasteiger partial charge >= 0.3 is 5.97 Å². The molecule has 0 aliphatic rings. The van der Waals surface area contributed by atoms with Crippen molar-refractivity contribution in [3.63, 3.8) is 0 Å². The van der Waals surface area contributed by atoms with Gasteiger partial charge in [0.05, 0.1) is 7.11 Å². The number of hydrogen-bond donors (Lipinski definition) is 1. The van der Waals surface area contributed by atoms with Crippen LogP contribution < -0.4 is 9.16 Å². The Kier molecular flexibility index (Phi) is 6.05. The van der Waals surface area contributed by atoms with Gasteiger partial charge in [0.25, 0.3) is 8.32 Å². The van der Waals surface area contributed by atoms with E-state index in [0.717, 1.165) is 0 Å². The Bertz CT molecular complexity index is 502. The summed E-state index contributed by atoms with van der Waals surface area (Å²) in [5.74, 6) is -0.146. The van der Waals surface area contributed by atoms with Crippen molar-refractivity contribution in [3.05, 3.63) is 23.8 Å². The molecule has 5 heteroatoms. The molecule has 0 atom stereocenters. The standard InChI is InChI=1S/C17H28O4Si/c1-11(2)22(12(3)4,13(5)6)21-15-10-8-9-14(17(18)19)16(15)20-7/h8-13H,1-7H3,(H,18,19). The smallest absolute Gasteiger partial charge is 0.339 e. The molecule has 22 heavy (non-hydrogen) atoms. The van der Waals surface area contributed by atoms with Gasteiger partial charge in [-0.3, -0.25) is 0 Å². The molecule has 0 amide bonds. The highest BCUT2D eigenvalue weighted by Gasteiger charge is 2.47. The van der Waals surface area contributed by atoms with Crippen LogP contribution in [0, 0.1) is 0 Å². The van der Waals surface area contributed by atoms with Crippen LogP contribution in [0.5, 0.6) is 11.5 Å². The van der Waals surface area contributed by atoms with Crippen LogP contribution in [-0.2, 0) is 0 Å². The Morgan fingerprint density at radius 3 is 1.91 bits per heavy atom. The molecular weight excluding hydrogens is 296 g/mol. The number of carboxylic acids is 1. The monoisotopic (exact) mass is 324 g/mol. The largest absolute Gasteiger partial charge is 0.540 e. The number of para-hydroxylation sites is 1. The van der Waals surface area contributed by atoms with Crippen molar-refractivity contribution >= 4 is 14.3 Å². The van der Waals surface area contributed by atoms with Gasteiger partial charge in [-0.25, -0.2) is 4.79 Å². The van der Waals surface area contributed by atoms with Gasteiger partial charge in [-0.1, -0.05) is 47.6 Å². The normalized spacial score (nSPS) is 12.1. The zero-order chi connectivity index (χ0) is 17.1. The van der Waals surface area contributed by atoms with Crippen molar-refractivity contribution in [2.75, 3.05) is 7.11 Å². The van der Waals surface area contributed by atoms with Crippen LogP contribution in [0.25, 0.3) is 0 Å². The highest BCUT2D eigenvalue weighted by atomic mass is 28.4. The lowest BCUT2D eigenvalue weighted by molar-refractivity contribution is 0.0692. The van der Waals surface area contributed by atoms with Gasteiger partial charge in [-0.15, -0.1) is 0 Å². The fourth-order valence-electron chi connectivity index (χ4n) is 3.52. The third-order valence-electron chi connectivity index (χ3n) is 4.41. The topological polar surface area (TPSA) is 55.8 Å². The minimum absolute atomic E-state index is 0.138. The number of benzene rings is 1. The molecule has 4 nitrogen and oxygen atoms in total. The number of aromatic carboxylic acids is 1. The lowest BCUT2D eigenvalue weighted by Crippen LogP contribution is -2.50. The molecule has 0 saturated carbocycles. The number of methoxy groups -OCH3 is 1. The first-order chi connectivity index (χ1) is 10.2. The molecule has 0 heterocycles. The third kappa shape index (κ3) is 3.29. The maximum atomic E-state index is 11.4. The highest BCUT2D eigenvalue weighted by molar-refractivity contribution is 6.78. The zero-order valence-corrected chi connectivity index (χ0v) is 15.6. The quantitative estimate of drug-likeness (QED) is 0.721. The Labute approximate surface area is 134 Å². The zero-order valence-electron chi connectivity index (χ0n) is 14.6. The Morgan fingerprint density at radius 1 is 1.05 bits per heavy atom. The summed E-state index contributed by atoms with van der Waals surface area (Å²) in [6.45, 7) is 13.2.